The van der Waals surface area contributed by atoms with Crippen molar-refractivity contribution in [2.24, 2.45) is 0 Å². The smallest absolute Gasteiger partial charge is 0.176 e. The Morgan fingerprint density at radius 1 is 1.33 bits per heavy atom. The van der Waals surface area contributed by atoms with Gasteiger partial charge in [-0.25, -0.2) is 9.97 Å². The van der Waals surface area contributed by atoms with Gasteiger partial charge in [-0.2, -0.15) is 0 Å². The molecule has 3 heterocycles. The topological polar surface area (TPSA) is 53.6 Å². The van der Waals surface area contributed by atoms with Crippen LogP contribution in [-0.4, -0.2) is 21.5 Å². The molecule has 0 atom stereocenters. The molecule has 0 aromatic carbocycles. The van der Waals surface area contributed by atoms with Crippen molar-refractivity contribution in [1.29, 1.82) is 0 Å². The van der Waals surface area contributed by atoms with Crippen LogP contribution in [0.2, 0.25) is 0 Å². The van der Waals surface area contributed by atoms with Crippen molar-refractivity contribution in [3.05, 3.63) is 35.3 Å². The largest absolute Gasteiger partial charge is 0.359 e. The maximum Gasteiger partial charge on any atom is 0.176 e. The molecular formula is C14H18N4. The summed E-state index contributed by atoms with van der Waals surface area (Å²) in [5, 5.41) is 3.41. The summed E-state index contributed by atoms with van der Waals surface area (Å²) in [6, 6.07) is 4.01. The molecule has 2 aromatic heterocycles. The summed E-state index contributed by atoms with van der Waals surface area (Å²) >= 11 is 0. The van der Waals surface area contributed by atoms with E-state index in [2.05, 4.69) is 17.2 Å². The van der Waals surface area contributed by atoms with Crippen molar-refractivity contribution in [3.8, 4) is 11.5 Å². The van der Waals surface area contributed by atoms with E-state index in [0.717, 1.165) is 43.9 Å². The number of H-pyrrole nitrogens is 1. The highest BCUT2D eigenvalue weighted by molar-refractivity contribution is 5.51. The lowest BCUT2D eigenvalue weighted by Crippen LogP contribution is -2.26. The molecule has 3 rings (SSSR count). The van der Waals surface area contributed by atoms with Crippen molar-refractivity contribution in [2.45, 2.75) is 32.7 Å². The zero-order chi connectivity index (χ0) is 12.4. The number of nitrogens with zero attached hydrogens (tertiary/aromatic N) is 2. The van der Waals surface area contributed by atoms with Gasteiger partial charge in [0, 0.05) is 37.0 Å². The van der Waals surface area contributed by atoms with Crippen molar-refractivity contribution in [1.82, 2.24) is 20.3 Å². The Morgan fingerprint density at radius 3 is 3.06 bits per heavy atom. The summed E-state index contributed by atoms with van der Waals surface area (Å²) in [4.78, 5) is 12.6. The molecule has 2 N–H and O–H groups in total. The maximum atomic E-state index is 4.74. The molecule has 0 saturated heterocycles. The van der Waals surface area contributed by atoms with Crippen LogP contribution in [0.4, 0.5) is 0 Å². The Balaban J connectivity index is 2.09. The van der Waals surface area contributed by atoms with Crippen LogP contribution in [-0.2, 0) is 19.4 Å². The Bertz CT molecular complexity index is 531. The fourth-order valence-corrected chi connectivity index (χ4v) is 2.45. The van der Waals surface area contributed by atoms with Crippen LogP contribution >= 0.6 is 0 Å². The van der Waals surface area contributed by atoms with Gasteiger partial charge in [-0.15, -0.1) is 0 Å². The van der Waals surface area contributed by atoms with Crippen LogP contribution in [0, 0.1) is 0 Å². The van der Waals surface area contributed by atoms with Crippen molar-refractivity contribution < 1.29 is 0 Å². The molecule has 0 aliphatic carbocycles. The van der Waals surface area contributed by atoms with Gasteiger partial charge in [0.25, 0.3) is 0 Å². The summed E-state index contributed by atoms with van der Waals surface area (Å²) in [7, 11) is 0. The zero-order valence-corrected chi connectivity index (χ0v) is 10.7. The molecule has 0 unspecified atom stereocenters. The van der Waals surface area contributed by atoms with E-state index in [1.165, 1.54) is 17.0 Å². The van der Waals surface area contributed by atoms with Gasteiger partial charge in [-0.05, 0) is 18.6 Å². The minimum atomic E-state index is 0.837. The average molecular weight is 242 g/mol. The fraction of sp³-hybridized carbons (Fsp3) is 0.429. The van der Waals surface area contributed by atoms with Crippen LogP contribution in [0.3, 0.4) is 0 Å². The van der Waals surface area contributed by atoms with E-state index in [1.807, 2.05) is 18.3 Å². The number of hydrogen-bond acceptors (Lipinski definition) is 3. The summed E-state index contributed by atoms with van der Waals surface area (Å²) in [6.07, 6.45) is 5.06. The average Bonchev–Trinajstić information content (AvgIpc) is 2.93. The number of aromatic amines is 1. The van der Waals surface area contributed by atoms with Gasteiger partial charge in [0.15, 0.2) is 5.82 Å². The molecule has 4 heteroatoms. The van der Waals surface area contributed by atoms with E-state index in [9.17, 15) is 0 Å². The Kier molecular flexibility index (Phi) is 3.11. The minimum absolute atomic E-state index is 0.837. The van der Waals surface area contributed by atoms with Gasteiger partial charge >= 0.3 is 0 Å². The lowest BCUT2D eigenvalue weighted by Gasteiger charge is -2.19. The SMILES string of the molecule is CCCc1nc(-c2ccc[nH]2)nc2c1CNCC2. The normalized spacial score (nSPS) is 14.5. The number of fused-ring (bicyclic) bond motifs is 1. The van der Waals surface area contributed by atoms with E-state index in [1.54, 1.807) is 0 Å². The van der Waals surface area contributed by atoms with Crippen molar-refractivity contribution >= 4 is 0 Å². The molecule has 0 saturated carbocycles. The third-order valence-electron chi connectivity index (χ3n) is 3.34. The number of nitrogens with one attached hydrogen (secondary N) is 2. The fourth-order valence-electron chi connectivity index (χ4n) is 2.45. The Labute approximate surface area is 107 Å². The number of hydrogen-bond donors (Lipinski definition) is 2. The second kappa shape index (κ2) is 4.90. The van der Waals surface area contributed by atoms with Gasteiger partial charge in [-0.3, -0.25) is 0 Å². The zero-order valence-electron chi connectivity index (χ0n) is 10.7. The van der Waals surface area contributed by atoms with Gasteiger partial charge < -0.3 is 10.3 Å². The molecule has 94 valence electrons. The van der Waals surface area contributed by atoms with Crippen LogP contribution in [0.25, 0.3) is 11.5 Å². The number of rotatable bonds is 3. The first-order chi connectivity index (χ1) is 8.88. The lowest BCUT2D eigenvalue weighted by atomic mass is 10.0. The van der Waals surface area contributed by atoms with E-state index in [0.29, 0.717) is 0 Å². The van der Waals surface area contributed by atoms with E-state index >= 15 is 0 Å². The standard InChI is InChI=1S/C14H18N4/c1-2-4-11-10-9-15-8-6-12(10)18-14(17-11)13-5-3-7-16-13/h3,5,7,15-16H,2,4,6,8-9H2,1H3. The van der Waals surface area contributed by atoms with Crippen LogP contribution in [0.5, 0.6) is 0 Å². The first-order valence-corrected chi connectivity index (χ1v) is 6.61. The number of aromatic nitrogens is 3. The Morgan fingerprint density at radius 2 is 2.28 bits per heavy atom. The maximum absolute atomic E-state index is 4.74. The van der Waals surface area contributed by atoms with E-state index in [4.69, 9.17) is 9.97 Å². The van der Waals surface area contributed by atoms with Gasteiger partial charge in [0.05, 0.1) is 11.4 Å². The quantitative estimate of drug-likeness (QED) is 0.866. The van der Waals surface area contributed by atoms with Crippen molar-refractivity contribution in [3.63, 3.8) is 0 Å². The Hall–Kier alpha value is -1.68. The van der Waals surface area contributed by atoms with Crippen LogP contribution < -0.4 is 5.32 Å². The predicted molar refractivity (Wildman–Crippen MR) is 71.2 cm³/mol. The highest BCUT2D eigenvalue weighted by Gasteiger charge is 2.17. The first-order valence-electron chi connectivity index (χ1n) is 6.61. The summed E-state index contributed by atoms with van der Waals surface area (Å²) in [5.74, 6) is 0.837. The highest BCUT2D eigenvalue weighted by Crippen LogP contribution is 2.21. The summed E-state index contributed by atoms with van der Waals surface area (Å²) in [6.45, 7) is 4.12. The monoisotopic (exact) mass is 242 g/mol. The molecule has 0 spiro atoms. The molecule has 2 aromatic rings. The predicted octanol–water partition coefficient (Wildman–Crippen LogP) is 2.07. The minimum Gasteiger partial charge on any atom is -0.359 e. The van der Waals surface area contributed by atoms with Crippen LogP contribution in [0.15, 0.2) is 18.3 Å². The third-order valence-corrected chi connectivity index (χ3v) is 3.34. The van der Waals surface area contributed by atoms with E-state index in [-0.39, 0.29) is 0 Å². The molecule has 0 bridgehead atoms. The molecule has 0 fully saturated rings. The highest BCUT2D eigenvalue weighted by atomic mass is 15.0. The summed E-state index contributed by atoms with van der Waals surface area (Å²) in [5.41, 5.74) is 4.75. The van der Waals surface area contributed by atoms with Gasteiger partial charge in [-0.1, -0.05) is 13.3 Å². The molecule has 0 amide bonds. The lowest BCUT2D eigenvalue weighted by molar-refractivity contribution is 0.615. The first kappa shape index (κ1) is 11.4. The van der Waals surface area contributed by atoms with Gasteiger partial charge in [0.2, 0.25) is 0 Å². The molecule has 4 nitrogen and oxygen atoms in total. The molecule has 1 aliphatic heterocycles. The second-order valence-electron chi connectivity index (χ2n) is 4.68. The van der Waals surface area contributed by atoms with Crippen LogP contribution in [0.1, 0.15) is 30.3 Å². The third kappa shape index (κ3) is 2.04. The number of aryl methyl sites for hydroxylation is 1. The van der Waals surface area contributed by atoms with Crippen molar-refractivity contribution in [2.75, 3.05) is 6.54 Å². The van der Waals surface area contributed by atoms with Gasteiger partial charge in [0.1, 0.15) is 0 Å². The molecular weight excluding hydrogens is 224 g/mol. The molecule has 18 heavy (non-hydrogen) atoms. The molecule has 1 aliphatic rings. The molecule has 0 radical (unpaired) electrons. The second-order valence-corrected chi connectivity index (χ2v) is 4.68. The summed E-state index contributed by atoms with van der Waals surface area (Å²) < 4.78 is 0. The van der Waals surface area contributed by atoms with E-state index < -0.39 is 0 Å².